The Morgan fingerprint density at radius 1 is 1.24 bits per heavy atom. The molecule has 3 aliphatic heterocycles. The Bertz CT molecular complexity index is 1320. The number of hydrogen-bond acceptors (Lipinski definition) is 8. The molecule has 1 saturated heterocycles. The van der Waals surface area contributed by atoms with Gasteiger partial charge in [0.25, 0.3) is 0 Å². The lowest BCUT2D eigenvalue weighted by atomic mass is 9.91. The van der Waals surface area contributed by atoms with Crippen LogP contribution in [-0.2, 0) is 4.74 Å². The Morgan fingerprint density at radius 3 is 2.68 bits per heavy atom. The number of aliphatic imine (C=N–C) groups is 1. The number of piperazine rings is 1. The zero-order valence-corrected chi connectivity index (χ0v) is 23.4. The summed E-state index contributed by atoms with van der Waals surface area (Å²) in [6.45, 7) is 13.6. The Labute approximate surface area is 224 Å². The molecule has 0 spiro atoms. The van der Waals surface area contributed by atoms with Crippen LogP contribution in [-0.4, -0.2) is 77.1 Å². The van der Waals surface area contributed by atoms with Crippen LogP contribution in [0.1, 0.15) is 57.5 Å². The smallest absolute Gasteiger partial charge is 0.410 e. The lowest BCUT2D eigenvalue weighted by Gasteiger charge is -2.44. The van der Waals surface area contributed by atoms with Gasteiger partial charge in [0.15, 0.2) is 0 Å². The first-order valence-electron chi connectivity index (χ1n) is 12.6. The molecule has 0 N–H and O–H groups in total. The number of amidine groups is 1. The Balaban J connectivity index is 1.56. The number of pyridine rings is 2. The molecular formula is C27H33BN6O2S. The Hall–Kier alpha value is -3.01. The van der Waals surface area contributed by atoms with Crippen molar-refractivity contribution in [3.05, 3.63) is 47.2 Å². The fourth-order valence-corrected chi connectivity index (χ4v) is 5.65. The number of thioether (sulfide) groups is 1. The average Bonchev–Trinajstić information content (AvgIpc) is 2.83. The minimum absolute atomic E-state index is 0.0271. The van der Waals surface area contributed by atoms with Crippen LogP contribution in [0.5, 0.6) is 0 Å². The average molecular weight is 516 g/mol. The van der Waals surface area contributed by atoms with E-state index in [9.17, 15) is 4.79 Å². The van der Waals surface area contributed by atoms with Gasteiger partial charge in [0.05, 0.1) is 16.9 Å². The molecule has 0 aromatic carbocycles. The Kier molecular flexibility index (Phi) is 6.50. The molecule has 192 valence electrons. The monoisotopic (exact) mass is 516 g/mol. The van der Waals surface area contributed by atoms with E-state index < -0.39 is 5.60 Å². The van der Waals surface area contributed by atoms with Gasteiger partial charge in [-0.2, -0.15) is 0 Å². The van der Waals surface area contributed by atoms with Gasteiger partial charge in [-0.25, -0.2) is 14.8 Å². The number of nitrogens with zero attached hydrogens (tertiary/aromatic N) is 6. The highest BCUT2D eigenvalue weighted by atomic mass is 32.2. The van der Waals surface area contributed by atoms with Gasteiger partial charge in [-0.3, -0.25) is 9.88 Å². The first kappa shape index (κ1) is 25.6. The largest absolute Gasteiger partial charge is 0.444 e. The van der Waals surface area contributed by atoms with Crippen molar-refractivity contribution in [1.29, 1.82) is 0 Å². The van der Waals surface area contributed by atoms with E-state index in [1.165, 1.54) is 0 Å². The fourth-order valence-electron chi connectivity index (χ4n) is 5.06. The van der Waals surface area contributed by atoms with Gasteiger partial charge in [-0.05, 0) is 53.0 Å². The number of hydrogen-bond donors (Lipinski definition) is 0. The molecule has 1 fully saturated rings. The SMILES string of the molecule is [B]c1cc2c(nc1C)N1C(=CC(C)c3nccc(SC)c31)N=C2N1CCN(C(=O)OC(C)(C)C)CC1C. The van der Waals surface area contributed by atoms with Crippen molar-refractivity contribution in [3.8, 4) is 0 Å². The molecule has 5 heterocycles. The lowest BCUT2D eigenvalue weighted by Crippen LogP contribution is -2.57. The highest BCUT2D eigenvalue weighted by molar-refractivity contribution is 7.98. The van der Waals surface area contributed by atoms with Crippen molar-refractivity contribution in [1.82, 2.24) is 19.8 Å². The molecule has 2 aromatic rings. The first-order valence-corrected chi connectivity index (χ1v) is 13.9. The fraction of sp³-hybridized carbons (Fsp3) is 0.481. The number of aryl methyl sites for hydroxylation is 1. The van der Waals surface area contributed by atoms with Crippen molar-refractivity contribution in [2.75, 3.05) is 30.8 Å². The number of ether oxygens (including phenoxy) is 1. The Morgan fingerprint density at radius 2 is 2.00 bits per heavy atom. The molecule has 2 aromatic heterocycles. The van der Waals surface area contributed by atoms with Gasteiger partial charge in [-0.15, -0.1) is 11.8 Å². The first-order chi connectivity index (χ1) is 17.5. The third kappa shape index (κ3) is 4.60. The molecule has 2 unspecified atom stereocenters. The summed E-state index contributed by atoms with van der Waals surface area (Å²) in [5, 5.41) is 0. The van der Waals surface area contributed by atoms with Crippen molar-refractivity contribution in [2.45, 2.75) is 64.0 Å². The molecule has 0 bridgehead atoms. The van der Waals surface area contributed by atoms with Crippen LogP contribution in [0.25, 0.3) is 0 Å². The summed E-state index contributed by atoms with van der Waals surface area (Å²) in [6, 6.07) is 4.05. The summed E-state index contributed by atoms with van der Waals surface area (Å²) in [7, 11) is 6.38. The molecular weight excluding hydrogens is 483 g/mol. The summed E-state index contributed by atoms with van der Waals surface area (Å²) in [6.07, 6.45) is 5.81. The summed E-state index contributed by atoms with van der Waals surface area (Å²) < 4.78 is 5.62. The van der Waals surface area contributed by atoms with E-state index in [0.717, 1.165) is 45.0 Å². The number of aromatic nitrogens is 2. The van der Waals surface area contributed by atoms with Crippen molar-refractivity contribution >= 4 is 48.5 Å². The molecule has 0 saturated carbocycles. The van der Waals surface area contributed by atoms with Crippen LogP contribution in [0.4, 0.5) is 16.3 Å². The molecule has 5 rings (SSSR count). The van der Waals surface area contributed by atoms with Gasteiger partial charge in [0.1, 0.15) is 30.9 Å². The number of allylic oxidation sites excluding steroid dienone is 1. The van der Waals surface area contributed by atoms with Crippen LogP contribution in [0.15, 0.2) is 40.1 Å². The summed E-state index contributed by atoms with van der Waals surface area (Å²) >= 11 is 1.69. The normalized spacial score (nSPS) is 21.0. The lowest BCUT2D eigenvalue weighted by molar-refractivity contribution is 0.0134. The summed E-state index contributed by atoms with van der Waals surface area (Å²) in [5.74, 6) is 2.58. The highest BCUT2D eigenvalue weighted by Crippen LogP contribution is 2.47. The predicted octanol–water partition coefficient (Wildman–Crippen LogP) is 4.10. The van der Waals surface area contributed by atoms with Crippen molar-refractivity contribution in [2.24, 2.45) is 4.99 Å². The van der Waals surface area contributed by atoms with Crippen LogP contribution in [0.3, 0.4) is 0 Å². The number of fused-ring (bicyclic) bond motifs is 5. The topological polar surface area (TPSA) is 74.2 Å². The van der Waals surface area contributed by atoms with Gasteiger partial charge < -0.3 is 14.5 Å². The number of carbonyl (C=O) groups is 1. The van der Waals surface area contributed by atoms with E-state index in [4.69, 9.17) is 27.5 Å². The van der Waals surface area contributed by atoms with Gasteiger partial charge >= 0.3 is 6.09 Å². The van der Waals surface area contributed by atoms with E-state index in [1.807, 2.05) is 46.0 Å². The summed E-state index contributed by atoms with van der Waals surface area (Å²) in [5.41, 5.74) is 3.80. The zero-order valence-electron chi connectivity index (χ0n) is 22.6. The molecule has 2 atom stereocenters. The van der Waals surface area contributed by atoms with Gasteiger partial charge in [-0.1, -0.05) is 18.5 Å². The van der Waals surface area contributed by atoms with Crippen LogP contribution < -0.4 is 10.4 Å². The maximum Gasteiger partial charge on any atom is 0.410 e. The number of rotatable bonds is 1. The predicted molar refractivity (Wildman–Crippen MR) is 150 cm³/mol. The molecule has 3 aliphatic rings. The molecule has 1 amide bonds. The maximum atomic E-state index is 12.7. The molecule has 2 radical (unpaired) electrons. The second-order valence-electron chi connectivity index (χ2n) is 10.8. The van der Waals surface area contributed by atoms with Crippen molar-refractivity contribution < 1.29 is 9.53 Å². The van der Waals surface area contributed by atoms with Gasteiger partial charge in [0.2, 0.25) is 0 Å². The molecule has 8 nitrogen and oxygen atoms in total. The number of carbonyl (C=O) groups excluding carboxylic acids is 1. The van der Waals surface area contributed by atoms with E-state index in [-0.39, 0.29) is 18.1 Å². The van der Waals surface area contributed by atoms with Crippen molar-refractivity contribution in [3.63, 3.8) is 0 Å². The molecule has 10 heteroatoms. The molecule has 0 aliphatic carbocycles. The second-order valence-corrected chi connectivity index (χ2v) is 11.7. The minimum atomic E-state index is -0.528. The van der Waals surface area contributed by atoms with Crippen LogP contribution in [0.2, 0.25) is 0 Å². The van der Waals surface area contributed by atoms with E-state index in [0.29, 0.717) is 25.1 Å². The van der Waals surface area contributed by atoms with E-state index in [1.54, 1.807) is 16.7 Å². The molecule has 37 heavy (non-hydrogen) atoms. The summed E-state index contributed by atoms with van der Waals surface area (Å²) in [4.78, 5) is 34.9. The third-order valence-corrected chi connectivity index (χ3v) is 7.64. The third-order valence-electron chi connectivity index (χ3n) is 6.88. The second kappa shape index (κ2) is 9.38. The quantitative estimate of drug-likeness (QED) is 0.418. The standard InChI is InChI=1S/C27H33BN6O2S/c1-15-12-21-31-24(33-11-10-32(14-16(33)2)26(35)36-27(4,5)6)18-13-19(28)17(3)30-25(18)34(21)23-20(37-7)8-9-29-22(15)23/h8-9,12-13,15-16H,10-11,14H2,1-7H3. The minimum Gasteiger partial charge on any atom is -0.444 e. The number of amides is 1. The van der Waals surface area contributed by atoms with Gasteiger partial charge in [0, 0.05) is 48.4 Å². The maximum absolute atomic E-state index is 12.7. The van der Waals surface area contributed by atoms with E-state index >= 15 is 0 Å². The number of anilines is 2. The van der Waals surface area contributed by atoms with Crippen LogP contribution in [0, 0.1) is 6.92 Å². The zero-order chi connectivity index (χ0) is 26.6. The highest BCUT2D eigenvalue weighted by Gasteiger charge is 2.39. The van der Waals surface area contributed by atoms with E-state index in [2.05, 4.69) is 36.0 Å². The van der Waals surface area contributed by atoms with Crippen LogP contribution >= 0.6 is 11.8 Å².